The van der Waals surface area contributed by atoms with Crippen molar-refractivity contribution in [3.8, 4) is 0 Å². The summed E-state index contributed by atoms with van der Waals surface area (Å²) in [5, 5.41) is 12.7. The Labute approximate surface area is 141 Å². The van der Waals surface area contributed by atoms with E-state index in [0.717, 1.165) is 37.2 Å². The maximum absolute atomic E-state index is 12.5. The zero-order valence-electron chi connectivity index (χ0n) is 13.9. The lowest BCUT2D eigenvalue weighted by atomic mass is 10.0. The van der Waals surface area contributed by atoms with E-state index in [4.69, 9.17) is 0 Å². The summed E-state index contributed by atoms with van der Waals surface area (Å²) in [4.78, 5) is 30.2. The molecule has 0 aromatic carbocycles. The third-order valence-electron chi connectivity index (χ3n) is 4.78. The van der Waals surface area contributed by atoms with Crippen LogP contribution < -0.4 is 5.32 Å². The van der Waals surface area contributed by atoms with E-state index in [9.17, 15) is 14.7 Å². The van der Waals surface area contributed by atoms with Crippen molar-refractivity contribution < 1.29 is 14.7 Å². The molecule has 2 N–H and O–H groups in total. The van der Waals surface area contributed by atoms with Crippen LogP contribution in [0.3, 0.4) is 0 Å². The van der Waals surface area contributed by atoms with Crippen LogP contribution in [0.25, 0.3) is 5.57 Å². The summed E-state index contributed by atoms with van der Waals surface area (Å²) in [7, 11) is 0. The molecule has 0 radical (unpaired) electrons. The largest absolute Gasteiger partial charge is 0.478 e. The predicted octanol–water partition coefficient (Wildman–Crippen LogP) is 1.60. The number of pyridine rings is 1. The van der Waals surface area contributed by atoms with Gasteiger partial charge in [-0.3, -0.25) is 9.78 Å². The Hall–Kier alpha value is -2.21. The lowest BCUT2D eigenvalue weighted by Gasteiger charge is -2.23. The first-order valence-electron chi connectivity index (χ1n) is 8.54. The van der Waals surface area contributed by atoms with Gasteiger partial charge in [-0.1, -0.05) is 13.0 Å². The predicted molar refractivity (Wildman–Crippen MR) is 90.3 cm³/mol. The van der Waals surface area contributed by atoms with Gasteiger partial charge >= 0.3 is 5.97 Å². The smallest absolute Gasteiger partial charge is 0.336 e. The number of amides is 1. The fourth-order valence-electron chi connectivity index (χ4n) is 3.47. The monoisotopic (exact) mass is 329 g/mol. The van der Waals surface area contributed by atoms with Gasteiger partial charge in [0.25, 0.3) is 0 Å². The normalized spacial score (nSPS) is 17.5. The first-order chi connectivity index (χ1) is 11.6. The Bertz CT molecular complexity index is 678. The van der Waals surface area contributed by atoms with E-state index in [0.29, 0.717) is 30.5 Å². The SMILES string of the molecule is CC[C@@H](NCc1ccnc2c1C(C(=O)O)=CC2)C(=O)N1CCCC1. The molecule has 6 heteroatoms. The molecule has 2 heterocycles. The second kappa shape index (κ2) is 7.13. The molecule has 1 aromatic rings. The molecule has 1 fully saturated rings. The first kappa shape index (κ1) is 16.6. The summed E-state index contributed by atoms with van der Waals surface area (Å²) >= 11 is 0. The number of rotatable bonds is 6. The van der Waals surface area contributed by atoms with Gasteiger partial charge in [0.2, 0.25) is 5.91 Å². The van der Waals surface area contributed by atoms with Crippen LogP contribution >= 0.6 is 0 Å². The molecule has 1 atom stereocenters. The number of nitrogens with one attached hydrogen (secondary N) is 1. The number of aromatic nitrogens is 1. The van der Waals surface area contributed by atoms with E-state index in [1.54, 1.807) is 12.3 Å². The zero-order chi connectivity index (χ0) is 17.1. The topological polar surface area (TPSA) is 82.5 Å². The van der Waals surface area contributed by atoms with E-state index in [1.165, 1.54) is 0 Å². The number of nitrogens with zero attached hydrogens (tertiary/aromatic N) is 2. The average Bonchev–Trinajstić information content (AvgIpc) is 3.25. The van der Waals surface area contributed by atoms with E-state index in [-0.39, 0.29) is 11.9 Å². The second-order valence-electron chi connectivity index (χ2n) is 6.29. The molecule has 24 heavy (non-hydrogen) atoms. The van der Waals surface area contributed by atoms with Gasteiger partial charge in [-0.15, -0.1) is 0 Å². The quantitative estimate of drug-likeness (QED) is 0.828. The molecule has 1 amide bonds. The molecular weight excluding hydrogens is 306 g/mol. The van der Waals surface area contributed by atoms with Gasteiger partial charge in [0.15, 0.2) is 0 Å². The molecule has 0 spiro atoms. The molecule has 0 bridgehead atoms. The summed E-state index contributed by atoms with van der Waals surface area (Å²) in [5.41, 5.74) is 2.71. The summed E-state index contributed by atoms with van der Waals surface area (Å²) in [6.45, 7) is 4.14. The highest BCUT2D eigenvalue weighted by Crippen LogP contribution is 2.29. The molecule has 1 aromatic heterocycles. The lowest BCUT2D eigenvalue weighted by Crippen LogP contribution is -2.44. The number of hydrogen-bond donors (Lipinski definition) is 2. The number of allylic oxidation sites excluding steroid dienone is 1. The van der Waals surface area contributed by atoms with Crippen LogP contribution in [0.5, 0.6) is 0 Å². The number of carboxylic acid groups (broad SMARTS) is 1. The van der Waals surface area contributed by atoms with Crippen LogP contribution in [0.15, 0.2) is 18.3 Å². The minimum atomic E-state index is -0.928. The van der Waals surface area contributed by atoms with Gasteiger partial charge in [0.05, 0.1) is 17.3 Å². The minimum Gasteiger partial charge on any atom is -0.478 e. The standard InChI is InChI=1S/C18H23N3O3/c1-2-14(17(22)21-9-3-4-10-21)20-11-12-7-8-19-15-6-5-13(16(12)15)18(23)24/h5,7-8,14,20H,2-4,6,9-11H2,1H3,(H,23,24)/t14-/m1/s1. The molecule has 1 saturated heterocycles. The zero-order valence-corrected chi connectivity index (χ0v) is 13.9. The molecule has 0 saturated carbocycles. The van der Waals surface area contributed by atoms with Crippen LogP contribution in [0, 0.1) is 0 Å². The number of aliphatic carboxylic acids is 1. The Morgan fingerprint density at radius 1 is 1.38 bits per heavy atom. The number of carbonyl (C=O) groups is 2. The maximum Gasteiger partial charge on any atom is 0.336 e. The highest BCUT2D eigenvalue weighted by molar-refractivity contribution is 6.17. The van der Waals surface area contributed by atoms with Gasteiger partial charge in [-0.05, 0) is 30.9 Å². The minimum absolute atomic E-state index is 0.148. The third kappa shape index (κ3) is 3.19. The third-order valence-corrected chi connectivity index (χ3v) is 4.78. The highest BCUT2D eigenvalue weighted by atomic mass is 16.4. The highest BCUT2D eigenvalue weighted by Gasteiger charge is 2.27. The van der Waals surface area contributed by atoms with E-state index >= 15 is 0 Å². The molecule has 1 aliphatic heterocycles. The van der Waals surface area contributed by atoms with Crippen molar-refractivity contribution in [1.29, 1.82) is 0 Å². The van der Waals surface area contributed by atoms with Gasteiger partial charge in [-0.25, -0.2) is 4.79 Å². The van der Waals surface area contributed by atoms with Crippen LogP contribution in [0.1, 0.15) is 43.0 Å². The Kier molecular flexibility index (Phi) is 4.94. The van der Waals surface area contributed by atoms with Gasteiger partial charge < -0.3 is 15.3 Å². The van der Waals surface area contributed by atoms with Crippen molar-refractivity contribution >= 4 is 17.4 Å². The van der Waals surface area contributed by atoms with Crippen LogP contribution in [-0.2, 0) is 22.6 Å². The molecule has 3 rings (SSSR count). The Morgan fingerprint density at radius 2 is 2.12 bits per heavy atom. The van der Waals surface area contributed by atoms with E-state index in [2.05, 4.69) is 10.3 Å². The van der Waals surface area contributed by atoms with E-state index < -0.39 is 5.97 Å². The molecule has 1 aliphatic carbocycles. The summed E-state index contributed by atoms with van der Waals surface area (Å²) in [5.74, 6) is -0.780. The molecule has 128 valence electrons. The number of carbonyl (C=O) groups excluding carboxylic acids is 1. The van der Waals surface area contributed by atoms with Crippen LogP contribution in [0.2, 0.25) is 0 Å². The van der Waals surface area contributed by atoms with Crippen molar-refractivity contribution in [3.63, 3.8) is 0 Å². The van der Waals surface area contributed by atoms with Gasteiger partial charge in [-0.2, -0.15) is 0 Å². The number of hydrogen-bond acceptors (Lipinski definition) is 4. The summed E-state index contributed by atoms with van der Waals surface area (Å²) < 4.78 is 0. The molecule has 6 nitrogen and oxygen atoms in total. The number of likely N-dealkylation sites (tertiary alicyclic amines) is 1. The van der Waals surface area contributed by atoms with Crippen molar-refractivity contribution in [1.82, 2.24) is 15.2 Å². The van der Waals surface area contributed by atoms with Crippen molar-refractivity contribution in [3.05, 3.63) is 35.2 Å². The number of carboxylic acids is 1. The second-order valence-corrected chi connectivity index (χ2v) is 6.29. The summed E-state index contributed by atoms with van der Waals surface area (Å²) in [6, 6.07) is 1.60. The van der Waals surface area contributed by atoms with Crippen LogP contribution in [0.4, 0.5) is 0 Å². The fraction of sp³-hybridized carbons (Fsp3) is 0.500. The Morgan fingerprint density at radius 3 is 2.79 bits per heavy atom. The van der Waals surface area contributed by atoms with Crippen molar-refractivity contribution in [2.24, 2.45) is 0 Å². The Balaban J connectivity index is 1.73. The van der Waals surface area contributed by atoms with E-state index in [1.807, 2.05) is 17.9 Å². The molecule has 0 unspecified atom stereocenters. The van der Waals surface area contributed by atoms with Crippen LogP contribution in [-0.4, -0.2) is 46.0 Å². The van der Waals surface area contributed by atoms with Crippen molar-refractivity contribution in [2.75, 3.05) is 13.1 Å². The van der Waals surface area contributed by atoms with Gasteiger partial charge in [0.1, 0.15) is 0 Å². The molecular formula is C18H23N3O3. The lowest BCUT2D eigenvalue weighted by molar-refractivity contribution is -0.132. The molecule has 2 aliphatic rings. The maximum atomic E-state index is 12.5. The summed E-state index contributed by atoms with van der Waals surface area (Å²) in [6.07, 6.45) is 6.83. The number of fused-ring (bicyclic) bond motifs is 1. The average molecular weight is 329 g/mol. The van der Waals surface area contributed by atoms with Crippen molar-refractivity contribution in [2.45, 2.75) is 45.2 Å². The first-order valence-corrected chi connectivity index (χ1v) is 8.54. The fourth-order valence-corrected chi connectivity index (χ4v) is 3.47. The van der Waals surface area contributed by atoms with Gasteiger partial charge in [0, 0.05) is 37.8 Å².